The number of hydrogen-bond acceptors (Lipinski definition) is 3. The second kappa shape index (κ2) is 8.98. The monoisotopic (exact) mass is 269 g/mol. The van der Waals surface area contributed by atoms with E-state index in [0.717, 1.165) is 6.42 Å². The van der Waals surface area contributed by atoms with Crippen LogP contribution in [0.25, 0.3) is 0 Å². The van der Waals surface area contributed by atoms with Gasteiger partial charge in [-0.1, -0.05) is 13.0 Å². The molecular formula is C10H20ClNO3S. The Morgan fingerprint density at radius 1 is 1.50 bits per heavy atom. The Kier molecular flexibility index (Phi) is 8.93. The first kappa shape index (κ1) is 15.9. The standard InChI is InChI=1S/C10H20ClNO3S/c1-3-4-6-15-7-5-12-16(13,14)9-10(2)8-11/h3,10,12H,1,4-9H2,2H3. The molecule has 0 saturated carbocycles. The minimum Gasteiger partial charge on any atom is -0.380 e. The summed E-state index contributed by atoms with van der Waals surface area (Å²) in [4.78, 5) is 0. The molecule has 0 aromatic heterocycles. The average Bonchev–Trinajstić information content (AvgIpc) is 2.22. The minimum atomic E-state index is -3.22. The van der Waals surface area contributed by atoms with Crippen molar-refractivity contribution >= 4 is 21.6 Å². The van der Waals surface area contributed by atoms with Crippen molar-refractivity contribution in [1.29, 1.82) is 0 Å². The first-order valence-electron chi connectivity index (χ1n) is 5.23. The number of hydrogen-bond donors (Lipinski definition) is 1. The molecule has 1 unspecified atom stereocenters. The van der Waals surface area contributed by atoms with E-state index in [0.29, 0.717) is 25.6 Å². The summed E-state index contributed by atoms with van der Waals surface area (Å²) >= 11 is 5.55. The summed E-state index contributed by atoms with van der Waals surface area (Å²) in [5, 5.41) is 0. The van der Waals surface area contributed by atoms with Crippen molar-refractivity contribution in [1.82, 2.24) is 4.72 Å². The normalized spacial score (nSPS) is 13.6. The molecule has 0 aromatic carbocycles. The zero-order valence-electron chi connectivity index (χ0n) is 9.62. The maximum Gasteiger partial charge on any atom is 0.211 e. The van der Waals surface area contributed by atoms with Crippen LogP contribution in [0.1, 0.15) is 13.3 Å². The third-order valence-electron chi connectivity index (χ3n) is 1.80. The Labute approximate surface area is 103 Å². The predicted octanol–water partition coefficient (Wildman–Crippen LogP) is 1.37. The smallest absolute Gasteiger partial charge is 0.211 e. The van der Waals surface area contributed by atoms with Gasteiger partial charge in [0.2, 0.25) is 10.0 Å². The van der Waals surface area contributed by atoms with Crippen LogP contribution in [0.4, 0.5) is 0 Å². The molecule has 96 valence electrons. The lowest BCUT2D eigenvalue weighted by atomic mass is 10.3. The van der Waals surface area contributed by atoms with Crippen LogP contribution in [0.15, 0.2) is 12.7 Å². The number of halogens is 1. The van der Waals surface area contributed by atoms with Crippen LogP contribution in [0.2, 0.25) is 0 Å². The van der Waals surface area contributed by atoms with Crippen LogP contribution in [-0.2, 0) is 14.8 Å². The summed E-state index contributed by atoms with van der Waals surface area (Å²) in [6, 6.07) is 0. The van der Waals surface area contributed by atoms with Gasteiger partial charge in [-0.2, -0.15) is 0 Å². The maximum absolute atomic E-state index is 11.4. The summed E-state index contributed by atoms with van der Waals surface area (Å²) in [5.74, 6) is 0.362. The van der Waals surface area contributed by atoms with Crippen LogP contribution in [0.5, 0.6) is 0 Å². The highest BCUT2D eigenvalue weighted by molar-refractivity contribution is 7.89. The van der Waals surface area contributed by atoms with Gasteiger partial charge >= 0.3 is 0 Å². The van der Waals surface area contributed by atoms with Crippen LogP contribution < -0.4 is 4.72 Å². The molecule has 4 nitrogen and oxygen atoms in total. The zero-order valence-corrected chi connectivity index (χ0v) is 11.2. The molecule has 0 saturated heterocycles. The fraction of sp³-hybridized carbons (Fsp3) is 0.800. The average molecular weight is 270 g/mol. The van der Waals surface area contributed by atoms with Gasteiger partial charge in [0.1, 0.15) is 0 Å². The Bertz CT molecular complexity index is 280. The molecule has 0 aliphatic carbocycles. The largest absolute Gasteiger partial charge is 0.380 e. The minimum absolute atomic E-state index is 0.0409. The summed E-state index contributed by atoms with van der Waals surface area (Å²) in [6.07, 6.45) is 2.53. The molecule has 0 fully saturated rings. The SMILES string of the molecule is C=CCCOCCNS(=O)(=O)CC(C)CCl. The second-order valence-electron chi connectivity index (χ2n) is 3.62. The van der Waals surface area contributed by atoms with Crippen molar-refractivity contribution in [3.8, 4) is 0 Å². The molecule has 0 spiro atoms. The Morgan fingerprint density at radius 3 is 2.75 bits per heavy atom. The van der Waals surface area contributed by atoms with Crippen molar-refractivity contribution in [3.05, 3.63) is 12.7 Å². The lowest BCUT2D eigenvalue weighted by Gasteiger charge is -2.10. The van der Waals surface area contributed by atoms with Gasteiger partial charge in [0.05, 0.1) is 19.0 Å². The number of rotatable bonds is 10. The predicted molar refractivity (Wildman–Crippen MR) is 67.3 cm³/mol. The molecular weight excluding hydrogens is 250 g/mol. The molecule has 1 N–H and O–H groups in total. The highest BCUT2D eigenvalue weighted by Gasteiger charge is 2.13. The van der Waals surface area contributed by atoms with E-state index >= 15 is 0 Å². The van der Waals surface area contributed by atoms with E-state index in [1.807, 2.05) is 0 Å². The van der Waals surface area contributed by atoms with Crippen molar-refractivity contribution in [2.75, 3.05) is 31.4 Å². The molecule has 16 heavy (non-hydrogen) atoms. The van der Waals surface area contributed by atoms with Crippen LogP contribution in [0, 0.1) is 5.92 Å². The number of alkyl halides is 1. The fourth-order valence-electron chi connectivity index (χ4n) is 1.02. The van der Waals surface area contributed by atoms with Crippen molar-refractivity contribution in [2.45, 2.75) is 13.3 Å². The van der Waals surface area contributed by atoms with E-state index in [9.17, 15) is 8.42 Å². The molecule has 0 radical (unpaired) electrons. The summed E-state index contributed by atoms with van der Waals surface area (Å²) in [7, 11) is -3.22. The van der Waals surface area contributed by atoms with E-state index < -0.39 is 10.0 Å². The van der Waals surface area contributed by atoms with Crippen molar-refractivity contribution < 1.29 is 13.2 Å². The molecule has 1 atom stereocenters. The molecule has 0 heterocycles. The van der Waals surface area contributed by atoms with Crippen molar-refractivity contribution in [2.24, 2.45) is 5.92 Å². The van der Waals surface area contributed by atoms with Crippen LogP contribution in [0.3, 0.4) is 0 Å². The second-order valence-corrected chi connectivity index (χ2v) is 5.79. The first-order valence-corrected chi connectivity index (χ1v) is 7.42. The van der Waals surface area contributed by atoms with Crippen molar-refractivity contribution in [3.63, 3.8) is 0 Å². The molecule has 0 aliphatic rings. The highest BCUT2D eigenvalue weighted by atomic mass is 35.5. The van der Waals surface area contributed by atoms with E-state index in [1.165, 1.54) is 0 Å². The van der Waals surface area contributed by atoms with E-state index in [1.54, 1.807) is 13.0 Å². The number of nitrogens with one attached hydrogen (secondary N) is 1. The number of ether oxygens (including phenoxy) is 1. The molecule has 0 aliphatic heterocycles. The number of sulfonamides is 1. The van der Waals surface area contributed by atoms with Gasteiger partial charge in [-0.05, 0) is 12.3 Å². The first-order chi connectivity index (χ1) is 7.52. The third kappa shape index (κ3) is 9.15. The lowest BCUT2D eigenvalue weighted by molar-refractivity contribution is 0.144. The summed E-state index contributed by atoms with van der Waals surface area (Å²) in [5.41, 5.74) is 0. The molecule has 0 amide bonds. The van der Waals surface area contributed by atoms with Gasteiger partial charge in [0, 0.05) is 12.4 Å². The Balaban J connectivity index is 3.62. The van der Waals surface area contributed by atoms with Gasteiger partial charge in [-0.25, -0.2) is 13.1 Å². The topological polar surface area (TPSA) is 55.4 Å². The van der Waals surface area contributed by atoms with Gasteiger partial charge < -0.3 is 4.74 Å². The van der Waals surface area contributed by atoms with E-state index in [-0.39, 0.29) is 11.7 Å². The molecule has 6 heteroatoms. The van der Waals surface area contributed by atoms with Crippen LogP contribution in [-0.4, -0.2) is 39.8 Å². The van der Waals surface area contributed by atoms with E-state index in [4.69, 9.17) is 16.3 Å². The van der Waals surface area contributed by atoms with Gasteiger partial charge in [-0.15, -0.1) is 18.2 Å². The molecule has 0 bridgehead atoms. The fourth-order valence-corrected chi connectivity index (χ4v) is 2.63. The van der Waals surface area contributed by atoms with Gasteiger partial charge in [-0.3, -0.25) is 0 Å². The lowest BCUT2D eigenvalue weighted by Crippen LogP contribution is -2.32. The summed E-state index contributed by atoms with van der Waals surface area (Å²) < 4.78 is 30.5. The summed E-state index contributed by atoms with van der Waals surface area (Å²) in [6.45, 7) is 6.60. The molecule has 0 rings (SSSR count). The van der Waals surface area contributed by atoms with Gasteiger partial charge in [0.15, 0.2) is 0 Å². The van der Waals surface area contributed by atoms with Gasteiger partial charge in [0.25, 0.3) is 0 Å². The third-order valence-corrected chi connectivity index (χ3v) is 3.98. The zero-order chi connectivity index (χ0) is 12.4. The Morgan fingerprint density at radius 2 is 2.19 bits per heavy atom. The molecule has 0 aromatic rings. The maximum atomic E-state index is 11.4. The quantitative estimate of drug-likeness (QED) is 0.370. The highest BCUT2D eigenvalue weighted by Crippen LogP contribution is 2.01. The van der Waals surface area contributed by atoms with Crippen LogP contribution >= 0.6 is 11.6 Å². The van der Waals surface area contributed by atoms with E-state index in [2.05, 4.69) is 11.3 Å². The Hall–Kier alpha value is -0.100.